The Morgan fingerprint density at radius 3 is 1.94 bits per heavy atom. The summed E-state index contributed by atoms with van der Waals surface area (Å²) in [6.07, 6.45) is 0.798. The Kier molecular flexibility index (Phi) is 13.6. The lowest BCUT2D eigenvalue weighted by molar-refractivity contribution is -0.0739. The quantitative estimate of drug-likeness (QED) is 0.362. The minimum atomic E-state index is -1.04. The maximum absolute atomic E-state index is 8.84. The van der Waals surface area contributed by atoms with E-state index >= 15 is 0 Å². The monoisotopic (exact) mass is 234 g/mol. The van der Waals surface area contributed by atoms with Gasteiger partial charge in [-0.3, -0.25) is 0 Å². The van der Waals surface area contributed by atoms with Crippen LogP contribution in [0.3, 0.4) is 0 Å². The van der Waals surface area contributed by atoms with Gasteiger partial charge in [-0.2, -0.15) is 0 Å². The molecule has 16 heavy (non-hydrogen) atoms. The van der Waals surface area contributed by atoms with Gasteiger partial charge >= 0.3 is 0 Å². The smallest absolute Gasteiger partial charge is 0.152 e. The zero-order valence-electron chi connectivity index (χ0n) is 9.62. The van der Waals surface area contributed by atoms with Gasteiger partial charge in [-0.05, 0) is 13.3 Å². The Hall–Kier alpha value is -0.720. The number of ether oxygens (including phenoxy) is 1. The summed E-state index contributed by atoms with van der Waals surface area (Å²) in [5.41, 5.74) is 0. The lowest BCUT2D eigenvalue weighted by Gasteiger charge is -2.12. The van der Waals surface area contributed by atoms with Crippen LogP contribution in [0.1, 0.15) is 13.3 Å². The van der Waals surface area contributed by atoms with E-state index < -0.39 is 25.1 Å². The molecule has 0 amide bonds. The average molecular weight is 234 g/mol. The Balaban J connectivity index is 0. The van der Waals surface area contributed by atoms with Crippen molar-refractivity contribution in [1.82, 2.24) is 0 Å². The van der Waals surface area contributed by atoms with Crippen molar-refractivity contribution in [2.45, 2.75) is 31.8 Å². The molecule has 0 aliphatic heterocycles. The summed E-state index contributed by atoms with van der Waals surface area (Å²) in [6, 6.07) is 0. The molecule has 0 aromatic carbocycles. The molecule has 0 radical (unpaired) electrons. The maximum Gasteiger partial charge on any atom is 0.152 e. The number of hydrogen-bond donors (Lipinski definition) is 4. The predicted molar refractivity (Wildman–Crippen MR) is 61.7 cm³/mol. The number of aliphatic hydroxyl groups is 4. The van der Waals surface area contributed by atoms with E-state index in [1.54, 1.807) is 13.0 Å². The second-order valence-corrected chi connectivity index (χ2v) is 3.06. The Morgan fingerprint density at radius 2 is 1.69 bits per heavy atom. The molecule has 0 aromatic heterocycles. The maximum atomic E-state index is 8.84. The van der Waals surface area contributed by atoms with Gasteiger partial charge in [0.25, 0.3) is 0 Å². The minimum Gasteiger partial charge on any atom is -0.394 e. The molecule has 0 saturated heterocycles. The summed E-state index contributed by atoms with van der Waals surface area (Å²) in [5, 5.41) is 34.2. The summed E-state index contributed by atoms with van der Waals surface area (Å²) < 4.78 is 4.63. The molecular weight excluding hydrogens is 212 g/mol. The van der Waals surface area contributed by atoms with Crippen LogP contribution >= 0.6 is 0 Å². The fraction of sp³-hybridized carbons (Fsp3) is 0.636. The van der Waals surface area contributed by atoms with Gasteiger partial charge in [0.2, 0.25) is 0 Å². The second-order valence-electron chi connectivity index (χ2n) is 3.06. The highest BCUT2D eigenvalue weighted by atomic mass is 16.6. The van der Waals surface area contributed by atoms with E-state index in [-0.39, 0.29) is 0 Å². The van der Waals surface area contributed by atoms with Gasteiger partial charge in [0.05, 0.1) is 19.3 Å². The van der Waals surface area contributed by atoms with Crippen LogP contribution in [0.25, 0.3) is 0 Å². The van der Waals surface area contributed by atoms with Crippen molar-refractivity contribution < 1.29 is 25.2 Å². The molecule has 0 heterocycles. The largest absolute Gasteiger partial charge is 0.394 e. The Labute approximate surface area is 96.3 Å². The van der Waals surface area contributed by atoms with E-state index in [0.717, 1.165) is 0 Å². The molecule has 96 valence electrons. The molecule has 4 N–H and O–H groups in total. The van der Waals surface area contributed by atoms with Crippen molar-refractivity contribution in [2.75, 3.05) is 13.2 Å². The fourth-order valence-corrected chi connectivity index (χ4v) is 0.657. The van der Waals surface area contributed by atoms with E-state index in [0.29, 0.717) is 13.0 Å². The molecule has 5 heteroatoms. The van der Waals surface area contributed by atoms with Gasteiger partial charge in [0.15, 0.2) is 6.29 Å². The zero-order chi connectivity index (χ0) is 13.0. The van der Waals surface area contributed by atoms with Crippen molar-refractivity contribution in [2.24, 2.45) is 0 Å². The zero-order valence-corrected chi connectivity index (χ0v) is 9.62. The van der Waals surface area contributed by atoms with Crippen LogP contribution in [0.15, 0.2) is 25.3 Å². The molecule has 3 unspecified atom stereocenters. The topological polar surface area (TPSA) is 90.2 Å². The van der Waals surface area contributed by atoms with Gasteiger partial charge in [-0.25, -0.2) is 0 Å². The van der Waals surface area contributed by atoms with Crippen LogP contribution in [0.5, 0.6) is 0 Å². The van der Waals surface area contributed by atoms with Crippen LogP contribution in [-0.4, -0.2) is 52.1 Å². The third-order valence-corrected chi connectivity index (χ3v) is 1.49. The standard InChI is InChI=1S/C6H12O3.C5H10O2/c1-2-3-5(8)6(9)4-7;1-3-4-7-5(2)6/h2,5-9H,1,3-4H2;3,5-6H,1,4H2,2H3. The molecule has 0 aliphatic carbocycles. The lowest BCUT2D eigenvalue weighted by atomic mass is 10.1. The molecule has 0 rings (SSSR count). The van der Waals surface area contributed by atoms with Gasteiger partial charge in [0, 0.05) is 0 Å². The highest BCUT2D eigenvalue weighted by Crippen LogP contribution is 1.97. The highest BCUT2D eigenvalue weighted by molar-refractivity contribution is 4.76. The van der Waals surface area contributed by atoms with Crippen molar-refractivity contribution in [3.63, 3.8) is 0 Å². The van der Waals surface area contributed by atoms with Crippen LogP contribution in [0.2, 0.25) is 0 Å². The van der Waals surface area contributed by atoms with Gasteiger partial charge in [-0.15, -0.1) is 13.2 Å². The van der Waals surface area contributed by atoms with E-state index in [1.807, 2.05) is 0 Å². The van der Waals surface area contributed by atoms with Crippen molar-refractivity contribution >= 4 is 0 Å². The normalized spacial score (nSPS) is 15.3. The predicted octanol–water partition coefficient (Wildman–Crippen LogP) is -0.196. The first kappa shape index (κ1) is 17.7. The van der Waals surface area contributed by atoms with E-state index in [1.165, 1.54) is 6.08 Å². The van der Waals surface area contributed by atoms with Gasteiger partial charge in [-0.1, -0.05) is 12.2 Å². The van der Waals surface area contributed by atoms with Gasteiger partial charge in [0.1, 0.15) is 6.10 Å². The first-order valence-corrected chi connectivity index (χ1v) is 4.98. The fourth-order valence-electron chi connectivity index (χ4n) is 0.657. The van der Waals surface area contributed by atoms with Crippen molar-refractivity contribution in [3.8, 4) is 0 Å². The summed E-state index contributed by atoms with van der Waals surface area (Å²) >= 11 is 0. The molecule has 0 saturated carbocycles. The number of rotatable bonds is 7. The molecule has 3 atom stereocenters. The summed E-state index contributed by atoms with van der Waals surface area (Å²) in [5.74, 6) is 0. The average Bonchev–Trinajstić information content (AvgIpc) is 2.26. The Bertz CT molecular complexity index is 170. The molecule has 0 spiro atoms. The molecule has 5 nitrogen and oxygen atoms in total. The first-order chi connectivity index (χ1) is 7.49. The third-order valence-electron chi connectivity index (χ3n) is 1.49. The Morgan fingerprint density at radius 1 is 1.12 bits per heavy atom. The third kappa shape index (κ3) is 13.3. The van der Waals surface area contributed by atoms with Crippen LogP contribution < -0.4 is 0 Å². The van der Waals surface area contributed by atoms with E-state index in [4.69, 9.17) is 20.4 Å². The molecular formula is C11H22O5. The van der Waals surface area contributed by atoms with E-state index in [9.17, 15) is 0 Å². The number of hydrogen-bond acceptors (Lipinski definition) is 5. The molecule has 0 bridgehead atoms. The first-order valence-electron chi connectivity index (χ1n) is 4.98. The number of aliphatic hydroxyl groups excluding tert-OH is 4. The van der Waals surface area contributed by atoms with Crippen molar-refractivity contribution in [3.05, 3.63) is 25.3 Å². The summed E-state index contributed by atoms with van der Waals surface area (Å²) in [7, 11) is 0. The van der Waals surface area contributed by atoms with Crippen molar-refractivity contribution in [1.29, 1.82) is 0 Å². The summed E-state index contributed by atoms with van der Waals surface area (Å²) in [6.45, 7) is 8.33. The van der Waals surface area contributed by atoms with Crippen LogP contribution in [0, 0.1) is 0 Å². The highest BCUT2D eigenvalue weighted by Gasteiger charge is 2.11. The van der Waals surface area contributed by atoms with E-state index in [2.05, 4.69) is 17.9 Å². The van der Waals surface area contributed by atoms with Crippen LogP contribution in [-0.2, 0) is 4.74 Å². The molecule has 0 fully saturated rings. The van der Waals surface area contributed by atoms with Gasteiger partial charge < -0.3 is 25.2 Å². The molecule has 0 aromatic rings. The molecule has 0 aliphatic rings. The SMILES string of the molecule is C=CCC(O)C(O)CO.C=CCOC(C)O. The minimum absolute atomic E-state index is 0.307. The second kappa shape index (κ2) is 12.4. The summed E-state index contributed by atoms with van der Waals surface area (Å²) in [4.78, 5) is 0. The lowest BCUT2D eigenvalue weighted by Crippen LogP contribution is -2.28. The van der Waals surface area contributed by atoms with Crippen LogP contribution in [0.4, 0.5) is 0 Å².